The molecule has 10 aromatic rings. The fourth-order valence-electron chi connectivity index (χ4n) is 7.83. The van der Waals surface area contributed by atoms with Gasteiger partial charge in [0, 0.05) is 32.8 Å². The molecule has 8 aromatic carbocycles. The van der Waals surface area contributed by atoms with E-state index >= 15 is 0 Å². The first-order chi connectivity index (χ1) is 24.8. The number of hydrogen-bond acceptors (Lipinski definition) is 0. The van der Waals surface area contributed by atoms with E-state index in [-0.39, 0.29) is 0 Å². The summed E-state index contributed by atoms with van der Waals surface area (Å²) in [7, 11) is 0. The van der Waals surface area contributed by atoms with Crippen LogP contribution in [0.5, 0.6) is 0 Å². The van der Waals surface area contributed by atoms with E-state index in [2.05, 4.69) is 203 Å². The van der Waals surface area contributed by atoms with Crippen LogP contribution in [0.3, 0.4) is 0 Å². The van der Waals surface area contributed by atoms with Crippen LogP contribution in [0.2, 0.25) is 0 Å². The molecule has 10 rings (SSSR count). The summed E-state index contributed by atoms with van der Waals surface area (Å²) in [4.78, 5) is 0. The van der Waals surface area contributed by atoms with Crippen molar-refractivity contribution in [1.29, 1.82) is 0 Å². The van der Waals surface area contributed by atoms with E-state index in [9.17, 15) is 0 Å². The second-order valence-electron chi connectivity index (χ2n) is 13.0. The van der Waals surface area contributed by atoms with Crippen molar-refractivity contribution in [3.05, 3.63) is 194 Å². The zero-order valence-electron chi connectivity index (χ0n) is 27.4. The van der Waals surface area contributed by atoms with Crippen LogP contribution >= 0.6 is 0 Å². The third-order valence-electron chi connectivity index (χ3n) is 10.1. The SMILES string of the molecule is c1ccc(-c2cccc(-n3c4ccccc4c4cc(-c5ccc6c7ccccc7n(-c7ccccc7-c7ccccc7)c6c5)ccc43)c2)cc1. The first kappa shape index (κ1) is 28.4. The van der Waals surface area contributed by atoms with E-state index in [0.29, 0.717) is 0 Å². The van der Waals surface area contributed by atoms with Gasteiger partial charge in [-0.3, -0.25) is 0 Å². The molecule has 0 radical (unpaired) electrons. The number of para-hydroxylation sites is 3. The third kappa shape index (κ3) is 4.50. The number of hydrogen-bond donors (Lipinski definition) is 0. The smallest absolute Gasteiger partial charge is 0.0547 e. The highest BCUT2D eigenvalue weighted by Crippen LogP contribution is 2.40. The molecule has 0 unspecified atom stereocenters. The molecule has 0 fully saturated rings. The molecule has 0 N–H and O–H groups in total. The minimum absolute atomic E-state index is 1.16. The van der Waals surface area contributed by atoms with E-state index in [1.807, 2.05) is 0 Å². The first-order valence-corrected chi connectivity index (χ1v) is 17.2. The van der Waals surface area contributed by atoms with Crippen molar-refractivity contribution in [2.45, 2.75) is 0 Å². The molecule has 0 aliphatic heterocycles. The Balaban J connectivity index is 1.17. The minimum Gasteiger partial charge on any atom is -0.309 e. The topological polar surface area (TPSA) is 9.86 Å². The fraction of sp³-hybridized carbons (Fsp3) is 0. The summed E-state index contributed by atoms with van der Waals surface area (Å²) in [5.74, 6) is 0. The third-order valence-corrected chi connectivity index (χ3v) is 10.1. The lowest BCUT2D eigenvalue weighted by Crippen LogP contribution is -1.97. The Morgan fingerprint density at radius 1 is 0.260 bits per heavy atom. The van der Waals surface area contributed by atoms with Gasteiger partial charge in [-0.2, -0.15) is 0 Å². The van der Waals surface area contributed by atoms with Gasteiger partial charge in [0.1, 0.15) is 0 Å². The highest BCUT2D eigenvalue weighted by atomic mass is 15.0. The summed E-state index contributed by atoms with van der Waals surface area (Å²) in [5.41, 5.74) is 14.4. The average Bonchev–Trinajstić information content (AvgIpc) is 3.71. The summed E-state index contributed by atoms with van der Waals surface area (Å²) in [6.07, 6.45) is 0. The Morgan fingerprint density at radius 2 is 0.800 bits per heavy atom. The maximum Gasteiger partial charge on any atom is 0.0547 e. The average molecular weight is 637 g/mol. The lowest BCUT2D eigenvalue weighted by molar-refractivity contribution is 1.18. The number of rotatable bonds is 5. The monoisotopic (exact) mass is 636 g/mol. The van der Waals surface area contributed by atoms with Crippen LogP contribution in [-0.4, -0.2) is 9.13 Å². The molecule has 50 heavy (non-hydrogen) atoms. The normalized spacial score (nSPS) is 11.6. The van der Waals surface area contributed by atoms with E-state index < -0.39 is 0 Å². The number of fused-ring (bicyclic) bond motifs is 6. The van der Waals surface area contributed by atoms with Crippen molar-refractivity contribution >= 4 is 43.6 Å². The molecule has 0 bridgehead atoms. The Morgan fingerprint density at radius 3 is 1.60 bits per heavy atom. The molecule has 2 heterocycles. The highest BCUT2D eigenvalue weighted by molar-refractivity contribution is 6.12. The van der Waals surface area contributed by atoms with Crippen molar-refractivity contribution in [2.75, 3.05) is 0 Å². The molecular weight excluding hydrogens is 605 g/mol. The largest absolute Gasteiger partial charge is 0.309 e. The van der Waals surface area contributed by atoms with Gasteiger partial charge in [0.15, 0.2) is 0 Å². The molecule has 0 amide bonds. The predicted molar refractivity (Wildman–Crippen MR) is 211 cm³/mol. The van der Waals surface area contributed by atoms with Crippen LogP contribution in [0.4, 0.5) is 0 Å². The summed E-state index contributed by atoms with van der Waals surface area (Å²) in [6.45, 7) is 0. The van der Waals surface area contributed by atoms with Crippen LogP contribution in [0, 0.1) is 0 Å². The van der Waals surface area contributed by atoms with Crippen molar-refractivity contribution in [2.24, 2.45) is 0 Å². The predicted octanol–water partition coefficient (Wildman–Crippen LogP) is 12.9. The van der Waals surface area contributed by atoms with Crippen LogP contribution in [0.15, 0.2) is 194 Å². The Labute approximate surface area is 290 Å². The van der Waals surface area contributed by atoms with Crippen molar-refractivity contribution in [3.8, 4) is 44.8 Å². The van der Waals surface area contributed by atoms with Gasteiger partial charge >= 0.3 is 0 Å². The Kier molecular flexibility index (Phi) is 6.53. The van der Waals surface area contributed by atoms with Gasteiger partial charge in [0.2, 0.25) is 0 Å². The molecule has 0 saturated heterocycles. The number of benzene rings is 8. The molecule has 0 aliphatic carbocycles. The maximum absolute atomic E-state index is 2.45. The minimum atomic E-state index is 1.16. The molecule has 0 spiro atoms. The quantitative estimate of drug-likeness (QED) is 0.178. The molecule has 0 atom stereocenters. The van der Waals surface area contributed by atoms with Crippen molar-refractivity contribution < 1.29 is 0 Å². The van der Waals surface area contributed by atoms with Crippen LogP contribution < -0.4 is 0 Å². The van der Waals surface area contributed by atoms with Gasteiger partial charge in [-0.15, -0.1) is 0 Å². The molecule has 2 heteroatoms. The van der Waals surface area contributed by atoms with E-state index in [4.69, 9.17) is 0 Å². The van der Waals surface area contributed by atoms with Crippen LogP contribution in [-0.2, 0) is 0 Å². The van der Waals surface area contributed by atoms with Gasteiger partial charge in [0.25, 0.3) is 0 Å². The summed E-state index contributed by atoms with van der Waals surface area (Å²) in [6, 6.07) is 70.4. The van der Waals surface area contributed by atoms with E-state index in [0.717, 1.165) is 5.69 Å². The highest BCUT2D eigenvalue weighted by Gasteiger charge is 2.18. The van der Waals surface area contributed by atoms with Gasteiger partial charge in [-0.05, 0) is 76.3 Å². The number of aromatic nitrogens is 2. The lowest BCUT2D eigenvalue weighted by Gasteiger charge is -2.14. The van der Waals surface area contributed by atoms with Crippen molar-refractivity contribution in [1.82, 2.24) is 9.13 Å². The van der Waals surface area contributed by atoms with Crippen LogP contribution in [0.25, 0.3) is 88.4 Å². The zero-order valence-corrected chi connectivity index (χ0v) is 27.4. The van der Waals surface area contributed by atoms with Gasteiger partial charge in [0.05, 0.1) is 27.8 Å². The van der Waals surface area contributed by atoms with E-state index in [1.54, 1.807) is 0 Å². The number of nitrogens with zero attached hydrogens (tertiary/aromatic N) is 2. The molecular formula is C48H32N2. The maximum atomic E-state index is 2.45. The van der Waals surface area contributed by atoms with Gasteiger partial charge in [-0.1, -0.05) is 146 Å². The summed E-state index contributed by atoms with van der Waals surface area (Å²) < 4.78 is 4.85. The Bertz CT molecular complexity index is 2860. The standard InChI is InChI=1S/C48H32N2/c1-3-14-33(15-4-1)35-18-13-19-38(30-35)49-45-24-11-9-22-41(45)43-31-36(27-29-47(43)49)37-26-28-42-40-21-8-12-25-46(40)50(48(42)32-37)44-23-10-7-20-39(44)34-16-5-2-6-17-34/h1-32H. The molecule has 2 aromatic heterocycles. The summed E-state index contributed by atoms with van der Waals surface area (Å²) >= 11 is 0. The van der Waals surface area contributed by atoms with Crippen molar-refractivity contribution in [3.63, 3.8) is 0 Å². The van der Waals surface area contributed by atoms with Crippen LogP contribution in [0.1, 0.15) is 0 Å². The molecule has 2 nitrogen and oxygen atoms in total. The fourth-order valence-corrected chi connectivity index (χ4v) is 7.83. The van der Waals surface area contributed by atoms with Gasteiger partial charge < -0.3 is 9.13 Å². The second-order valence-corrected chi connectivity index (χ2v) is 13.0. The zero-order chi connectivity index (χ0) is 33.0. The van der Waals surface area contributed by atoms with Gasteiger partial charge in [-0.25, -0.2) is 0 Å². The Hall–Kier alpha value is -6.64. The molecule has 0 saturated carbocycles. The molecule has 234 valence electrons. The van der Waals surface area contributed by atoms with E-state index in [1.165, 1.54) is 82.7 Å². The molecule has 0 aliphatic rings. The lowest BCUT2D eigenvalue weighted by atomic mass is 10.0. The first-order valence-electron chi connectivity index (χ1n) is 17.2. The summed E-state index contributed by atoms with van der Waals surface area (Å²) in [5, 5.41) is 5.01. The second kappa shape index (κ2) is 11.5.